The fraction of sp³-hybridized carbons (Fsp3) is 0.600. The van der Waals surface area contributed by atoms with Gasteiger partial charge in [0.15, 0.2) is 0 Å². The van der Waals surface area contributed by atoms with Crippen molar-refractivity contribution < 1.29 is 9.53 Å². The first kappa shape index (κ1) is 15.4. The molecule has 1 aliphatic rings. The summed E-state index contributed by atoms with van der Waals surface area (Å²) in [5.41, 5.74) is 6.05. The maximum Gasteiger partial charge on any atom is 0.239 e. The van der Waals surface area contributed by atoms with Crippen LogP contribution in [0.2, 0.25) is 0 Å². The molecule has 6 nitrogen and oxygen atoms in total. The van der Waals surface area contributed by atoms with Crippen molar-refractivity contribution in [3.05, 3.63) is 12.1 Å². The molecule has 0 aromatic carbocycles. The second-order valence-corrected chi connectivity index (χ2v) is 5.72. The first-order valence-corrected chi connectivity index (χ1v) is 7.36. The van der Waals surface area contributed by atoms with Gasteiger partial charge in [-0.2, -0.15) is 4.98 Å². The lowest BCUT2D eigenvalue weighted by atomic mass is 9.89. The summed E-state index contributed by atoms with van der Waals surface area (Å²) in [6, 6.07) is 3.69. The van der Waals surface area contributed by atoms with Crippen LogP contribution < -0.4 is 20.7 Å². The van der Waals surface area contributed by atoms with Crippen molar-refractivity contribution in [2.24, 2.45) is 5.41 Å². The second kappa shape index (κ2) is 6.20. The molecule has 0 radical (unpaired) electrons. The number of pyridine rings is 1. The molecular formula is C15H24N4O2. The molecule has 1 fully saturated rings. The predicted molar refractivity (Wildman–Crippen MR) is 83.4 cm³/mol. The van der Waals surface area contributed by atoms with Crippen molar-refractivity contribution >= 4 is 17.4 Å². The van der Waals surface area contributed by atoms with Crippen molar-refractivity contribution in [2.45, 2.75) is 26.7 Å². The molecule has 2 rings (SSSR count). The van der Waals surface area contributed by atoms with Gasteiger partial charge in [-0.3, -0.25) is 4.79 Å². The Balaban J connectivity index is 2.14. The second-order valence-electron chi connectivity index (χ2n) is 5.72. The minimum absolute atomic E-state index is 0.0721. The Morgan fingerprint density at radius 2 is 2.33 bits per heavy atom. The van der Waals surface area contributed by atoms with Gasteiger partial charge in [-0.25, -0.2) is 0 Å². The van der Waals surface area contributed by atoms with Crippen LogP contribution in [0.4, 0.5) is 11.5 Å². The lowest BCUT2D eigenvalue weighted by molar-refractivity contribution is -0.128. The van der Waals surface area contributed by atoms with E-state index in [0.717, 1.165) is 25.2 Å². The van der Waals surface area contributed by atoms with Crippen LogP contribution in [0.25, 0.3) is 0 Å². The van der Waals surface area contributed by atoms with Crippen LogP contribution in [0.1, 0.15) is 26.7 Å². The summed E-state index contributed by atoms with van der Waals surface area (Å²) in [6.45, 7) is 6.06. The number of carbonyl (C=O) groups excluding carboxylic acids is 1. The first-order valence-electron chi connectivity index (χ1n) is 7.36. The topological polar surface area (TPSA) is 80.5 Å². The molecule has 6 heteroatoms. The molecule has 1 aliphatic heterocycles. The number of anilines is 2. The molecule has 116 valence electrons. The van der Waals surface area contributed by atoms with Crippen molar-refractivity contribution in [3.63, 3.8) is 0 Å². The summed E-state index contributed by atoms with van der Waals surface area (Å²) in [5, 5.41) is 2.74. The van der Waals surface area contributed by atoms with Gasteiger partial charge in [-0.1, -0.05) is 6.92 Å². The summed E-state index contributed by atoms with van der Waals surface area (Å²) in [6.07, 6.45) is 1.72. The molecule has 21 heavy (non-hydrogen) atoms. The highest BCUT2D eigenvalue weighted by atomic mass is 16.5. The summed E-state index contributed by atoms with van der Waals surface area (Å²) in [4.78, 5) is 18.6. The van der Waals surface area contributed by atoms with Crippen LogP contribution in [-0.2, 0) is 4.79 Å². The first-order chi connectivity index (χ1) is 10.00. The number of hydrogen-bond donors (Lipinski definition) is 2. The zero-order valence-electron chi connectivity index (χ0n) is 13.0. The van der Waals surface area contributed by atoms with Crippen molar-refractivity contribution in [2.75, 3.05) is 37.4 Å². The quantitative estimate of drug-likeness (QED) is 0.858. The number of nitrogens with zero attached hydrogens (tertiary/aromatic N) is 2. The minimum atomic E-state index is -0.373. The molecule has 1 aromatic rings. The molecule has 3 N–H and O–H groups in total. The lowest BCUT2D eigenvalue weighted by Crippen LogP contribution is -2.39. The molecule has 0 aliphatic carbocycles. The van der Waals surface area contributed by atoms with Crippen molar-refractivity contribution in [1.29, 1.82) is 0 Å². The third-order valence-corrected chi connectivity index (χ3v) is 3.89. The van der Waals surface area contributed by atoms with Crippen LogP contribution >= 0.6 is 0 Å². The molecule has 1 saturated heterocycles. The molecule has 1 amide bonds. The van der Waals surface area contributed by atoms with Crippen LogP contribution in [0.3, 0.4) is 0 Å². The number of rotatable bonds is 5. The minimum Gasteiger partial charge on any atom is -0.476 e. The zero-order chi connectivity index (χ0) is 15.5. The number of aromatic nitrogens is 1. The van der Waals surface area contributed by atoms with Crippen LogP contribution in [0.15, 0.2) is 12.1 Å². The molecule has 2 heterocycles. The van der Waals surface area contributed by atoms with Gasteiger partial charge >= 0.3 is 0 Å². The van der Waals surface area contributed by atoms with Crippen molar-refractivity contribution in [1.82, 2.24) is 10.3 Å². The number of nitrogens with two attached hydrogens (primary N) is 1. The lowest BCUT2D eigenvalue weighted by Gasteiger charge is -2.23. The average Bonchev–Trinajstić information content (AvgIpc) is 2.89. The zero-order valence-corrected chi connectivity index (χ0v) is 13.0. The van der Waals surface area contributed by atoms with E-state index in [1.54, 1.807) is 7.05 Å². The van der Waals surface area contributed by atoms with Gasteiger partial charge in [-0.05, 0) is 31.9 Å². The Kier molecular flexibility index (Phi) is 4.55. The average molecular weight is 292 g/mol. The summed E-state index contributed by atoms with van der Waals surface area (Å²) in [5.74, 6) is 1.36. The highest BCUT2D eigenvalue weighted by molar-refractivity contribution is 5.83. The fourth-order valence-corrected chi connectivity index (χ4v) is 2.58. The smallest absolute Gasteiger partial charge is 0.239 e. The summed E-state index contributed by atoms with van der Waals surface area (Å²) >= 11 is 0. The Morgan fingerprint density at radius 1 is 1.57 bits per heavy atom. The van der Waals surface area contributed by atoms with Gasteiger partial charge in [0.1, 0.15) is 5.82 Å². The largest absolute Gasteiger partial charge is 0.476 e. The number of nitrogens with one attached hydrogen (secondary N) is 1. The van der Waals surface area contributed by atoms with E-state index < -0.39 is 0 Å². The van der Waals surface area contributed by atoms with E-state index in [4.69, 9.17) is 10.5 Å². The molecule has 0 spiro atoms. The van der Waals surface area contributed by atoms with E-state index in [1.165, 1.54) is 0 Å². The van der Waals surface area contributed by atoms with E-state index in [-0.39, 0.29) is 11.3 Å². The van der Waals surface area contributed by atoms with Gasteiger partial charge in [0, 0.05) is 20.1 Å². The predicted octanol–water partition coefficient (Wildman–Crippen LogP) is 1.41. The van der Waals surface area contributed by atoms with Gasteiger partial charge < -0.3 is 20.7 Å². The SMILES string of the molecule is CCCOc1nc(N2CCC(C)(C(=O)NC)C2)ccc1N. The standard InChI is InChI=1S/C15H24N4O2/c1-4-9-21-13-11(16)5-6-12(18-13)19-8-7-15(2,10-19)14(20)17-3/h5-6H,4,7-10,16H2,1-3H3,(H,17,20). The third kappa shape index (κ3) is 3.20. The van der Waals surface area contributed by atoms with E-state index in [9.17, 15) is 4.79 Å². The molecular weight excluding hydrogens is 268 g/mol. The molecule has 1 unspecified atom stereocenters. The van der Waals surface area contributed by atoms with Crippen LogP contribution in [0, 0.1) is 5.41 Å². The normalized spacial score (nSPS) is 21.4. The Bertz CT molecular complexity index is 520. The van der Waals surface area contributed by atoms with Crippen LogP contribution in [-0.4, -0.2) is 37.6 Å². The van der Waals surface area contributed by atoms with E-state index >= 15 is 0 Å². The van der Waals surface area contributed by atoms with Gasteiger partial charge in [0.2, 0.25) is 11.8 Å². The van der Waals surface area contributed by atoms with Crippen molar-refractivity contribution in [3.8, 4) is 5.88 Å². The molecule has 1 atom stereocenters. The highest BCUT2D eigenvalue weighted by Crippen LogP contribution is 2.34. The number of amides is 1. The highest BCUT2D eigenvalue weighted by Gasteiger charge is 2.40. The van der Waals surface area contributed by atoms with E-state index in [0.29, 0.717) is 24.7 Å². The van der Waals surface area contributed by atoms with Gasteiger partial charge in [0.25, 0.3) is 0 Å². The number of hydrogen-bond acceptors (Lipinski definition) is 5. The summed E-state index contributed by atoms with van der Waals surface area (Å²) < 4.78 is 5.56. The Morgan fingerprint density at radius 3 is 3.00 bits per heavy atom. The number of ether oxygens (including phenoxy) is 1. The maximum atomic E-state index is 12.0. The van der Waals surface area contributed by atoms with Crippen LogP contribution in [0.5, 0.6) is 5.88 Å². The molecule has 0 saturated carbocycles. The Labute approximate surface area is 125 Å². The van der Waals surface area contributed by atoms with Gasteiger partial charge in [-0.15, -0.1) is 0 Å². The molecule has 1 aromatic heterocycles. The number of carbonyl (C=O) groups is 1. The Hall–Kier alpha value is -1.98. The fourth-order valence-electron chi connectivity index (χ4n) is 2.58. The maximum absolute atomic E-state index is 12.0. The monoisotopic (exact) mass is 292 g/mol. The summed E-state index contributed by atoms with van der Waals surface area (Å²) in [7, 11) is 1.68. The molecule has 0 bridgehead atoms. The number of nitrogen functional groups attached to an aromatic ring is 1. The third-order valence-electron chi connectivity index (χ3n) is 3.89. The van der Waals surface area contributed by atoms with E-state index in [1.807, 2.05) is 26.0 Å². The van der Waals surface area contributed by atoms with Gasteiger partial charge in [0.05, 0.1) is 17.7 Å². The van der Waals surface area contributed by atoms with E-state index in [2.05, 4.69) is 15.2 Å².